The molecule has 2 aromatic rings. The highest BCUT2D eigenvalue weighted by molar-refractivity contribution is 7.90. The number of nitrogen functional groups attached to an aromatic ring is 1. The second kappa shape index (κ2) is 6.56. The molecule has 0 saturated carbocycles. The van der Waals surface area contributed by atoms with Gasteiger partial charge in [-0.3, -0.25) is 4.90 Å². The van der Waals surface area contributed by atoms with E-state index in [2.05, 4.69) is 9.88 Å². The van der Waals surface area contributed by atoms with Gasteiger partial charge < -0.3 is 10.5 Å². The molecule has 2 N–H and O–H groups in total. The Kier molecular flexibility index (Phi) is 4.67. The van der Waals surface area contributed by atoms with Crippen molar-refractivity contribution in [3.8, 4) is 0 Å². The summed E-state index contributed by atoms with van der Waals surface area (Å²) in [6.45, 7) is 3.00. The standard InChI is InChI=1S/C15H19N3O3S2/c1-23(19,20)12-4-2-11(3-5-12)14(13-10-17-15(16)22-13)18-6-8-21-9-7-18/h2-5,10,14H,6-9H2,1H3,(H2,16,17). The van der Waals surface area contributed by atoms with E-state index in [4.69, 9.17) is 10.5 Å². The highest BCUT2D eigenvalue weighted by Gasteiger charge is 2.26. The minimum absolute atomic E-state index is 0.0160. The van der Waals surface area contributed by atoms with Crippen LogP contribution in [0.5, 0.6) is 0 Å². The van der Waals surface area contributed by atoms with E-state index in [-0.39, 0.29) is 6.04 Å². The number of rotatable bonds is 4. The van der Waals surface area contributed by atoms with Crippen molar-refractivity contribution >= 4 is 26.3 Å². The highest BCUT2D eigenvalue weighted by atomic mass is 32.2. The summed E-state index contributed by atoms with van der Waals surface area (Å²) in [6.07, 6.45) is 3.01. The Bertz CT molecular complexity index is 766. The molecule has 0 spiro atoms. The lowest BCUT2D eigenvalue weighted by molar-refractivity contribution is 0.0245. The molecule has 1 saturated heterocycles. The molecule has 0 radical (unpaired) electrons. The zero-order valence-electron chi connectivity index (χ0n) is 12.8. The molecule has 2 heterocycles. The normalized spacial score (nSPS) is 18.0. The lowest BCUT2D eigenvalue weighted by atomic mass is 10.0. The highest BCUT2D eigenvalue weighted by Crippen LogP contribution is 2.34. The van der Waals surface area contributed by atoms with Gasteiger partial charge >= 0.3 is 0 Å². The lowest BCUT2D eigenvalue weighted by Gasteiger charge is -2.34. The van der Waals surface area contributed by atoms with Crippen molar-refractivity contribution in [1.82, 2.24) is 9.88 Å². The van der Waals surface area contributed by atoms with Gasteiger partial charge in [-0.25, -0.2) is 13.4 Å². The van der Waals surface area contributed by atoms with Gasteiger partial charge in [-0.05, 0) is 17.7 Å². The van der Waals surface area contributed by atoms with Crippen LogP contribution in [0.3, 0.4) is 0 Å². The number of nitrogens with zero attached hydrogens (tertiary/aromatic N) is 2. The van der Waals surface area contributed by atoms with Crippen LogP contribution < -0.4 is 5.73 Å². The summed E-state index contributed by atoms with van der Waals surface area (Å²) >= 11 is 1.46. The minimum atomic E-state index is -3.19. The fraction of sp³-hybridized carbons (Fsp3) is 0.400. The van der Waals surface area contributed by atoms with E-state index in [1.807, 2.05) is 12.1 Å². The molecular formula is C15H19N3O3S2. The number of aromatic nitrogens is 1. The van der Waals surface area contributed by atoms with Gasteiger partial charge in [0.2, 0.25) is 0 Å². The fourth-order valence-electron chi connectivity index (χ4n) is 2.72. The quantitative estimate of drug-likeness (QED) is 0.898. The molecule has 1 aliphatic heterocycles. The van der Waals surface area contributed by atoms with Crippen molar-refractivity contribution in [2.45, 2.75) is 10.9 Å². The SMILES string of the molecule is CS(=O)(=O)c1ccc(C(c2cnc(N)s2)N2CCOCC2)cc1. The lowest BCUT2D eigenvalue weighted by Crippen LogP contribution is -2.39. The monoisotopic (exact) mass is 353 g/mol. The largest absolute Gasteiger partial charge is 0.379 e. The van der Waals surface area contributed by atoms with E-state index in [9.17, 15) is 8.42 Å². The van der Waals surface area contributed by atoms with Crippen LogP contribution in [-0.4, -0.2) is 50.9 Å². The molecule has 124 valence electrons. The molecule has 1 unspecified atom stereocenters. The Labute approximate surface area is 139 Å². The second-order valence-electron chi connectivity index (χ2n) is 5.49. The molecule has 1 aromatic heterocycles. The number of thiazole rings is 1. The van der Waals surface area contributed by atoms with Crippen LogP contribution in [0.2, 0.25) is 0 Å². The van der Waals surface area contributed by atoms with E-state index in [0.717, 1.165) is 23.5 Å². The van der Waals surface area contributed by atoms with Crippen LogP contribution in [0.15, 0.2) is 35.4 Å². The topological polar surface area (TPSA) is 85.5 Å². The Morgan fingerprint density at radius 2 is 1.91 bits per heavy atom. The van der Waals surface area contributed by atoms with Crippen molar-refractivity contribution in [3.63, 3.8) is 0 Å². The van der Waals surface area contributed by atoms with E-state index >= 15 is 0 Å². The Hall–Kier alpha value is -1.48. The van der Waals surface area contributed by atoms with Crippen molar-refractivity contribution in [2.24, 2.45) is 0 Å². The first kappa shape index (κ1) is 16.4. The Morgan fingerprint density at radius 1 is 1.26 bits per heavy atom. The summed E-state index contributed by atoms with van der Waals surface area (Å²) < 4.78 is 28.7. The molecule has 8 heteroatoms. The van der Waals surface area contributed by atoms with E-state index in [0.29, 0.717) is 23.2 Å². The first-order valence-electron chi connectivity index (χ1n) is 7.28. The van der Waals surface area contributed by atoms with Crippen LogP contribution in [0.4, 0.5) is 5.13 Å². The van der Waals surface area contributed by atoms with Gasteiger partial charge in [0.15, 0.2) is 15.0 Å². The van der Waals surface area contributed by atoms with Crippen molar-refractivity contribution < 1.29 is 13.2 Å². The summed E-state index contributed by atoms with van der Waals surface area (Å²) in [5.74, 6) is 0. The third-order valence-electron chi connectivity index (χ3n) is 3.85. The van der Waals surface area contributed by atoms with Crippen molar-refractivity contribution in [2.75, 3.05) is 38.3 Å². The fourth-order valence-corrected chi connectivity index (χ4v) is 4.19. The van der Waals surface area contributed by atoms with Gasteiger partial charge in [-0.1, -0.05) is 12.1 Å². The number of sulfone groups is 1. The van der Waals surface area contributed by atoms with Crippen molar-refractivity contribution in [3.05, 3.63) is 40.9 Å². The molecule has 1 fully saturated rings. The number of benzene rings is 1. The van der Waals surface area contributed by atoms with Gasteiger partial charge in [-0.2, -0.15) is 0 Å². The third-order valence-corrected chi connectivity index (χ3v) is 5.85. The molecule has 0 amide bonds. The van der Waals surface area contributed by atoms with Crippen molar-refractivity contribution in [1.29, 1.82) is 0 Å². The summed E-state index contributed by atoms with van der Waals surface area (Å²) in [6, 6.07) is 7.06. The Balaban J connectivity index is 1.97. The van der Waals surface area contributed by atoms with Crippen LogP contribution in [0.1, 0.15) is 16.5 Å². The second-order valence-corrected chi connectivity index (χ2v) is 8.60. The maximum absolute atomic E-state index is 11.6. The van der Waals surface area contributed by atoms with E-state index < -0.39 is 9.84 Å². The number of hydrogen-bond acceptors (Lipinski definition) is 7. The molecule has 0 bridgehead atoms. The Morgan fingerprint density at radius 3 is 2.43 bits per heavy atom. The van der Waals surface area contributed by atoms with Gasteiger partial charge in [0.25, 0.3) is 0 Å². The molecule has 23 heavy (non-hydrogen) atoms. The number of ether oxygens (including phenoxy) is 1. The summed E-state index contributed by atoms with van der Waals surface area (Å²) in [5.41, 5.74) is 6.82. The molecule has 3 rings (SSSR count). The van der Waals surface area contributed by atoms with Crippen LogP contribution >= 0.6 is 11.3 Å². The van der Waals surface area contributed by atoms with Crippen LogP contribution in [0, 0.1) is 0 Å². The minimum Gasteiger partial charge on any atom is -0.379 e. The van der Waals surface area contributed by atoms with Gasteiger partial charge in [0.1, 0.15) is 0 Å². The first-order chi connectivity index (χ1) is 10.9. The zero-order chi connectivity index (χ0) is 16.4. The van der Waals surface area contributed by atoms with Gasteiger partial charge in [0.05, 0.1) is 24.2 Å². The first-order valence-corrected chi connectivity index (χ1v) is 9.99. The number of nitrogens with two attached hydrogens (primary N) is 1. The zero-order valence-corrected chi connectivity index (χ0v) is 14.4. The molecule has 0 aliphatic carbocycles. The number of hydrogen-bond donors (Lipinski definition) is 1. The van der Waals surface area contributed by atoms with Gasteiger partial charge in [-0.15, -0.1) is 11.3 Å². The predicted molar refractivity (Wildman–Crippen MR) is 90.3 cm³/mol. The molecule has 1 aromatic carbocycles. The van der Waals surface area contributed by atoms with Crippen LogP contribution in [0.25, 0.3) is 0 Å². The number of morpholine rings is 1. The summed E-state index contributed by atoms with van der Waals surface area (Å²) in [4.78, 5) is 7.85. The molecule has 6 nitrogen and oxygen atoms in total. The number of anilines is 1. The summed E-state index contributed by atoms with van der Waals surface area (Å²) in [5, 5.41) is 0.533. The van der Waals surface area contributed by atoms with Crippen LogP contribution in [-0.2, 0) is 14.6 Å². The molecule has 1 atom stereocenters. The molecular weight excluding hydrogens is 334 g/mol. The predicted octanol–water partition coefficient (Wildman–Crippen LogP) is 1.55. The van der Waals surface area contributed by atoms with Gasteiger partial charge in [0, 0.05) is 30.4 Å². The maximum atomic E-state index is 11.6. The third kappa shape index (κ3) is 3.72. The maximum Gasteiger partial charge on any atom is 0.180 e. The summed E-state index contributed by atoms with van der Waals surface area (Å²) in [7, 11) is -3.19. The van der Waals surface area contributed by atoms with E-state index in [1.165, 1.54) is 17.6 Å². The smallest absolute Gasteiger partial charge is 0.180 e. The van der Waals surface area contributed by atoms with E-state index in [1.54, 1.807) is 18.3 Å². The average molecular weight is 353 g/mol. The average Bonchev–Trinajstić information content (AvgIpc) is 2.94. The molecule has 1 aliphatic rings.